The van der Waals surface area contributed by atoms with Crippen LogP contribution in [0.2, 0.25) is 5.02 Å². The fourth-order valence-electron chi connectivity index (χ4n) is 3.32. The van der Waals surface area contributed by atoms with Crippen molar-refractivity contribution in [3.05, 3.63) is 65.2 Å². The zero-order chi connectivity index (χ0) is 19.3. The van der Waals surface area contributed by atoms with Crippen molar-refractivity contribution in [1.29, 1.82) is 0 Å². The van der Waals surface area contributed by atoms with Gasteiger partial charge in [-0.1, -0.05) is 54.8 Å². The number of nitrogens with one attached hydrogen (secondary N) is 2. The summed E-state index contributed by atoms with van der Waals surface area (Å²) in [4.78, 5) is 12.7. The Bertz CT molecular complexity index is 864. The van der Waals surface area contributed by atoms with Crippen LogP contribution in [-0.4, -0.2) is 20.4 Å². The summed E-state index contributed by atoms with van der Waals surface area (Å²) < 4.78 is 28.1. The lowest BCUT2D eigenvalue weighted by Crippen LogP contribution is -2.37. The van der Waals surface area contributed by atoms with Gasteiger partial charge in [-0.25, -0.2) is 13.1 Å². The van der Waals surface area contributed by atoms with E-state index < -0.39 is 16.1 Å². The number of hydrogen-bond acceptors (Lipinski definition) is 3. The second-order valence-electron chi connectivity index (χ2n) is 6.79. The third kappa shape index (κ3) is 5.54. The average Bonchev–Trinajstić information content (AvgIpc) is 3.15. The van der Waals surface area contributed by atoms with Gasteiger partial charge in [-0.2, -0.15) is 0 Å². The molecule has 27 heavy (non-hydrogen) atoms. The molecule has 2 aromatic rings. The lowest BCUT2D eigenvalue weighted by molar-refractivity contribution is -0.122. The van der Waals surface area contributed by atoms with Crippen LogP contribution in [0.4, 0.5) is 0 Å². The van der Waals surface area contributed by atoms with Crippen molar-refractivity contribution in [1.82, 2.24) is 10.0 Å². The molecular weight excluding hydrogens is 384 g/mol. The first-order valence-electron chi connectivity index (χ1n) is 9.06. The van der Waals surface area contributed by atoms with Gasteiger partial charge in [-0.05, 0) is 42.7 Å². The van der Waals surface area contributed by atoms with Crippen LogP contribution in [0.25, 0.3) is 0 Å². The van der Waals surface area contributed by atoms with E-state index >= 15 is 0 Å². The van der Waals surface area contributed by atoms with Crippen molar-refractivity contribution in [3.63, 3.8) is 0 Å². The van der Waals surface area contributed by atoms with Gasteiger partial charge < -0.3 is 5.32 Å². The van der Waals surface area contributed by atoms with Gasteiger partial charge in [0.1, 0.15) is 0 Å². The number of carbonyl (C=O) groups is 1. The second kappa shape index (κ2) is 8.87. The van der Waals surface area contributed by atoms with Gasteiger partial charge in [0.15, 0.2) is 0 Å². The van der Waals surface area contributed by atoms with E-state index in [0.29, 0.717) is 10.6 Å². The first-order chi connectivity index (χ1) is 12.9. The van der Waals surface area contributed by atoms with Crippen molar-refractivity contribution < 1.29 is 13.2 Å². The summed E-state index contributed by atoms with van der Waals surface area (Å²) >= 11 is 5.95. The minimum Gasteiger partial charge on any atom is -0.353 e. The van der Waals surface area contributed by atoms with Crippen molar-refractivity contribution in [3.8, 4) is 0 Å². The summed E-state index contributed by atoms with van der Waals surface area (Å²) in [6.07, 6.45) is 4.22. The summed E-state index contributed by atoms with van der Waals surface area (Å²) in [6.45, 7) is 0. The van der Waals surface area contributed by atoms with E-state index in [2.05, 4.69) is 10.0 Å². The topological polar surface area (TPSA) is 75.3 Å². The van der Waals surface area contributed by atoms with Crippen LogP contribution < -0.4 is 10.0 Å². The zero-order valence-electron chi connectivity index (χ0n) is 14.9. The normalized spacial score (nSPS) is 16.2. The molecule has 1 saturated carbocycles. The van der Waals surface area contributed by atoms with E-state index in [-0.39, 0.29) is 23.3 Å². The largest absolute Gasteiger partial charge is 0.353 e. The molecule has 1 atom stereocenters. The Morgan fingerprint density at radius 3 is 2.30 bits per heavy atom. The SMILES string of the molecule is O=C(C[C@@H](NS(=O)(=O)c1ccccc1)c1ccc(Cl)cc1)NC1CCCC1. The highest BCUT2D eigenvalue weighted by atomic mass is 35.5. The predicted octanol–water partition coefficient (Wildman–Crippen LogP) is 3.81. The van der Waals surface area contributed by atoms with Crippen molar-refractivity contribution in [2.75, 3.05) is 0 Å². The molecule has 1 fully saturated rings. The Labute approximate surface area is 165 Å². The third-order valence-electron chi connectivity index (χ3n) is 4.73. The maximum absolute atomic E-state index is 12.7. The number of benzene rings is 2. The van der Waals surface area contributed by atoms with Crippen LogP contribution in [-0.2, 0) is 14.8 Å². The van der Waals surface area contributed by atoms with Crippen LogP contribution in [0.3, 0.4) is 0 Å². The van der Waals surface area contributed by atoms with Gasteiger partial charge in [0.05, 0.1) is 10.9 Å². The molecule has 7 heteroatoms. The fraction of sp³-hybridized carbons (Fsp3) is 0.350. The maximum Gasteiger partial charge on any atom is 0.241 e. The Kier molecular flexibility index (Phi) is 6.52. The number of halogens is 1. The molecule has 144 valence electrons. The summed E-state index contributed by atoms with van der Waals surface area (Å²) in [5.41, 5.74) is 0.695. The van der Waals surface area contributed by atoms with E-state index in [4.69, 9.17) is 11.6 Å². The van der Waals surface area contributed by atoms with Crippen LogP contribution >= 0.6 is 11.6 Å². The number of amides is 1. The molecule has 3 rings (SSSR count). The molecule has 1 amide bonds. The Balaban J connectivity index is 1.79. The van der Waals surface area contributed by atoms with Crippen molar-refractivity contribution in [2.45, 2.75) is 49.1 Å². The highest BCUT2D eigenvalue weighted by molar-refractivity contribution is 7.89. The minimum absolute atomic E-state index is 0.0319. The van der Waals surface area contributed by atoms with Crippen molar-refractivity contribution >= 4 is 27.5 Å². The first-order valence-corrected chi connectivity index (χ1v) is 10.9. The van der Waals surface area contributed by atoms with Crippen LogP contribution in [0.15, 0.2) is 59.5 Å². The molecular formula is C20H23ClN2O3S. The molecule has 0 aromatic heterocycles. The van der Waals surface area contributed by atoms with E-state index in [9.17, 15) is 13.2 Å². The maximum atomic E-state index is 12.7. The molecule has 0 aliphatic heterocycles. The van der Waals surface area contributed by atoms with Gasteiger partial charge >= 0.3 is 0 Å². The smallest absolute Gasteiger partial charge is 0.241 e. The fourth-order valence-corrected chi connectivity index (χ4v) is 4.69. The summed E-state index contributed by atoms with van der Waals surface area (Å²) in [5, 5.41) is 3.57. The van der Waals surface area contributed by atoms with Gasteiger partial charge in [-0.3, -0.25) is 4.79 Å². The van der Waals surface area contributed by atoms with E-state index in [1.165, 1.54) is 12.1 Å². The molecule has 0 radical (unpaired) electrons. The monoisotopic (exact) mass is 406 g/mol. The molecule has 1 aliphatic rings. The lowest BCUT2D eigenvalue weighted by Gasteiger charge is -2.20. The Morgan fingerprint density at radius 2 is 1.67 bits per heavy atom. The number of hydrogen-bond donors (Lipinski definition) is 2. The summed E-state index contributed by atoms with van der Waals surface area (Å²) in [5.74, 6) is -0.155. The quantitative estimate of drug-likeness (QED) is 0.734. The average molecular weight is 407 g/mol. The number of sulfonamides is 1. The predicted molar refractivity (Wildman–Crippen MR) is 106 cm³/mol. The lowest BCUT2D eigenvalue weighted by atomic mass is 10.0. The third-order valence-corrected chi connectivity index (χ3v) is 6.47. The highest BCUT2D eigenvalue weighted by Crippen LogP contribution is 2.23. The molecule has 0 heterocycles. The standard InChI is InChI=1S/C20H23ClN2O3S/c21-16-12-10-15(11-13-16)19(14-20(24)22-17-6-4-5-7-17)23-27(25,26)18-8-2-1-3-9-18/h1-3,8-13,17,19,23H,4-7,14H2,(H,22,24)/t19-/m1/s1. The highest BCUT2D eigenvalue weighted by Gasteiger charge is 2.25. The zero-order valence-corrected chi connectivity index (χ0v) is 16.5. The van der Waals surface area contributed by atoms with E-state index in [1.807, 2.05) is 0 Å². The number of rotatable bonds is 7. The van der Waals surface area contributed by atoms with Crippen LogP contribution in [0, 0.1) is 0 Å². The van der Waals surface area contributed by atoms with Gasteiger partial charge in [0.25, 0.3) is 0 Å². The van der Waals surface area contributed by atoms with Gasteiger partial charge in [0, 0.05) is 17.5 Å². The van der Waals surface area contributed by atoms with Gasteiger partial charge in [-0.15, -0.1) is 0 Å². The van der Waals surface area contributed by atoms with E-state index in [1.54, 1.807) is 42.5 Å². The van der Waals surface area contributed by atoms with E-state index in [0.717, 1.165) is 25.7 Å². The molecule has 2 aromatic carbocycles. The van der Waals surface area contributed by atoms with Crippen molar-refractivity contribution in [2.24, 2.45) is 0 Å². The molecule has 0 saturated heterocycles. The number of carbonyl (C=O) groups excluding carboxylic acids is 1. The van der Waals surface area contributed by atoms with Gasteiger partial charge in [0.2, 0.25) is 15.9 Å². The Morgan fingerprint density at radius 1 is 1.04 bits per heavy atom. The molecule has 0 bridgehead atoms. The van der Waals surface area contributed by atoms with Crippen LogP contribution in [0.1, 0.15) is 43.7 Å². The molecule has 2 N–H and O–H groups in total. The second-order valence-corrected chi connectivity index (χ2v) is 8.94. The molecule has 5 nitrogen and oxygen atoms in total. The van der Waals surface area contributed by atoms with Crippen LogP contribution in [0.5, 0.6) is 0 Å². The molecule has 0 spiro atoms. The summed E-state index contributed by atoms with van der Waals surface area (Å²) in [6, 6.07) is 14.5. The minimum atomic E-state index is -3.75. The molecule has 0 unspecified atom stereocenters. The summed E-state index contributed by atoms with van der Waals surface area (Å²) in [7, 11) is -3.75. The first kappa shape index (κ1) is 19.9. The molecule has 1 aliphatic carbocycles. The Hall–Kier alpha value is -1.89.